The third-order valence-electron chi connectivity index (χ3n) is 3.61. The van der Waals surface area contributed by atoms with E-state index in [1.54, 1.807) is 12.4 Å². The molecule has 0 spiro atoms. The van der Waals surface area contributed by atoms with Gasteiger partial charge in [0, 0.05) is 36.3 Å². The Morgan fingerprint density at radius 2 is 2.10 bits per heavy atom. The number of pyridine rings is 1. The number of carbonyl (C=O) groups is 1. The lowest BCUT2D eigenvalue weighted by atomic mass is 10.2. The first kappa shape index (κ1) is 13.5. The van der Waals surface area contributed by atoms with Crippen LogP contribution in [0.25, 0.3) is 11.4 Å². The quantitative estimate of drug-likeness (QED) is 0.927. The Morgan fingerprint density at radius 1 is 1.33 bits per heavy atom. The van der Waals surface area contributed by atoms with E-state index in [1.807, 2.05) is 30.0 Å². The lowest BCUT2D eigenvalue weighted by Crippen LogP contribution is -2.36. The minimum Gasteiger partial charge on any atom is -0.480 e. The second-order valence-corrected chi connectivity index (χ2v) is 5.12. The summed E-state index contributed by atoms with van der Waals surface area (Å²) in [6.45, 7) is 2.60. The number of anilines is 1. The molecule has 1 N–H and O–H groups in total. The SMILES string of the molecule is Cc1cc(N2CCC[C@H]2C(=O)O)nc(-c2ccncc2)n1. The van der Waals surface area contributed by atoms with E-state index in [4.69, 9.17) is 0 Å². The summed E-state index contributed by atoms with van der Waals surface area (Å²) in [7, 11) is 0. The van der Waals surface area contributed by atoms with Crippen LogP contribution in [0, 0.1) is 6.92 Å². The van der Waals surface area contributed by atoms with E-state index in [2.05, 4.69) is 15.0 Å². The van der Waals surface area contributed by atoms with Crippen molar-refractivity contribution in [2.24, 2.45) is 0 Å². The van der Waals surface area contributed by atoms with Gasteiger partial charge in [-0.05, 0) is 31.9 Å². The molecule has 2 aromatic heterocycles. The van der Waals surface area contributed by atoms with Gasteiger partial charge in [0.1, 0.15) is 11.9 Å². The fourth-order valence-corrected chi connectivity index (χ4v) is 2.63. The van der Waals surface area contributed by atoms with Gasteiger partial charge in [0.05, 0.1) is 0 Å². The fourth-order valence-electron chi connectivity index (χ4n) is 2.63. The minimum absolute atomic E-state index is 0.496. The van der Waals surface area contributed by atoms with Crippen LogP contribution in [-0.2, 0) is 4.79 Å². The number of carboxylic acids is 1. The second kappa shape index (κ2) is 5.47. The molecule has 0 radical (unpaired) electrons. The van der Waals surface area contributed by atoms with Crippen LogP contribution in [0.5, 0.6) is 0 Å². The maximum absolute atomic E-state index is 11.3. The van der Waals surface area contributed by atoms with Gasteiger partial charge in [0.25, 0.3) is 0 Å². The van der Waals surface area contributed by atoms with E-state index in [9.17, 15) is 9.90 Å². The third-order valence-corrected chi connectivity index (χ3v) is 3.61. The monoisotopic (exact) mass is 284 g/mol. The summed E-state index contributed by atoms with van der Waals surface area (Å²) in [5, 5.41) is 9.31. The molecule has 3 heterocycles. The zero-order valence-electron chi connectivity index (χ0n) is 11.7. The molecule has 0 bridgehead atoms. The first-order valence-electron chi connectivity index (χ1n) is 6.90. The Kier molecular flexibility index (Phi) is 3.51. The number of carboxylic acid groups (broad SMARTS) is 1. The zero-order valence-corrected chi connectivity index (χ0v) is 11.7. The highest BCUT2D eigenvalue weighted by molar-refractivity contribution is 5.78. The van der Waals surface area contributed by atoms with Gasteiger partial charge in [0.2, 0.25) is 0 Å². The lowest BCUT2D eigenvalue weighted by molar-refractivity contribution is -0.138. The smallest absolute Gasteiger partial charge is 0.326 e. The molecule has 0 aromatic carbocycles. The van der Waals surface area contributed by atoms with Gasteiger partial charge in [-0.2, -0.15) is 0 Å². The van der Waals surface area contributed by atoms with Crippen LogP contribution < -0.4 is 4.90 Å². The third kappa shape index (κ3) is 2.69. The molecule has 0 aliphatic carbocycles. The summed E-state index contributed by atoms with van der Waals surface area (Å²) < 4.78 is 0. The number of hydrogen-bond acceptors (Lipinski definition) is 5. The van der Waals surface area contributed by atoms with Crippen LogP contribution in [0.15, 0.2) is 30.6 Å². The van der Waals surface area contributed by atoms with Crippen molar-refractivity contribution in [1.82, 2.24) is 15.0 Å². The van der Waals surface area contributed by atoms with Crippen LogP contribution in [-0.4, -0.2) is 38.6 Å². The molecule has 2 aromatic rings. The highest BCUT2D eigenvalue weighted by atomic mass is 16.4. The Hall–Kier alpha value is -2.50. The predicted molar refractivity (Wildman–Crippen MR) is 78.0 cm³/mol. The lowest BCUT2D eigenvalue weighted by Gasteiger charge is -2.23. The summed E-state index contributed by atoms with van der Waals surface area (Å²) in [6, 6.07) is 5.03. The largest absolute Gasteiger partial charge is 0.480 e. The summed E-state index contributed by atoms with van der Waals surface area (Å²) in [4.78, 5) is 26.1. The van der Waals surface area contributed by atoms with Gasteiger partial charge in [-0.3, -0.25) is 4.98 Å². The Bertz CT molecular complexity index is 660. The predicted octanol–water partition coefficient (Wildman–Crippen LogP) is 1.90. The molecule has 21 heavy (non-hydrogen) atoms. The van der Waals surface area contributed by atoms with E-state index in [1.165, 1.54) is 0 Å². The van der Waals surface area contributed by atoms with Crippen LogP contribution >= 0.6 is 0 Å². The fraction of sp³-hybridized carbons (Fsp3) is 0.333. The molecule has 1 aliphatic heterocycles. The topological polar surface area (TPSA) is 79.2 Å². The number of aryl methyl sites for hydroxylation is 1. The Balaban J connectivity index is 2.00. The van der Waals surface area contributed by atoms with Crippen LogP contribution in [0.3, 0.4) is 0 Å². The first-order valence-corrected chi connectivity index (χ1v) is 6.90. The van der Waals surface area contributed by atoms with Gasteiger partial charge in [0.15, 0.2) is 5.82 Å². The molecule has 1 fully saturated rings. The minimum atomic E-state index is -0.797. The standard InChI is InChI=1S/C15H16N4O2/c1-10-9-13(19-8-2-3-12(19)15(20)21)18-14(17-10)11-4-6-16-7-5-11/h4-7,9,12H,2-3,8H2,1H3,(H,20,21)/t12-/m0/s1. The molecule has 1 atom stereocenters. The zero-order chi connectivity index (χ0) is 14.8. The summed E-state index contributed by atoms with van der Waals surface area (Å²) in [5.74, 6) is 0.483. The van der Waals surface area contributed by atoms with E-state index in [-0.39, 0.29) is 0 Å². The van der Waals surface area contributed by atoms with Crippen molar-refractivity contribution in [3.05, 3.63) is 36.3 Å². The molecule has 0 saturated carbocycles. The van der Waals surface area contributed by atoms with Crippen molar-refractivity contribution in [2.45, 2.75) is 25.8 Å². The Morgan fingerprint density at radius 3 is 2.81 bits per heavy atom. The van der Waals surface area contributed by atoms with Gasteiger partial charge in [-0.1, -0.05) is 0 Å². The number of aromatic nitrogens is 3. The molecular formula is C15H16N4O2. The van der Waals surface area contributed by atoms with Crippen molar-refractivity contribution < 1.29 is 9.90 Å². The molecule has 6 nitrogen and oxygen atoms in total. The second-order valence-electron chi connectivity index (χ2n) is 5.12. The van der Waals surface area contributed by atoms with Gasteiger partial charge in [-0.25, -0.2) is 14.8 Å². The maximum atomic E-state index is 11.3. The highest BCUT2D eigenvalue weighted by Gasteiger charge is 2.31. The first-order chi connectivity index (χ1) is 10.1. The number of aliphatic carboxylic acids is 1. The molecule has 0 unspecified atom stereocenters. The molecule has 108 valence electrons. The molecular weight excluding hydrogens is 268 g/mol. The van der Waals surface area contributed by atoms with Gasteiger partial charge in [-0.15, -0.1) is 0 Å². The number of hydrogen-bond donors (Lipinski definition) is 1. The molecule has 6 heteroatoms. The molecule has 3 rings (SSSR count). The number of rotatable bonds is 3. The van der Waals surface area contributed by atoms with Crippen molar-refractivity contribution in [1.29, 1.82) is 0 Å². The molecule has 1 saturated heterocycles. The van der Waals surface area contributed by atoms with Crippen molar-refractivity contribution in [3.8, 4) is 11.4 Å². The summed E-state index contributed by atoms with van der Waals surface area (Å²) in [5.41, 5.74) is 1.70. The van der Waals surface area contributed by atoms with E-state index >= 15 is 0 Å². The highest BCUT2D eigenvalue weighted by Crippen LogP contribution is 2.26. The van der Waals surface area contributed by atoms with Crippen molar-refractivity contribution >= 4 is 11.8 Å². The van der Waals surface area contributed by atoms with E-state index < -0.39 is 12.0 Å². The summed E-state index contributed by atoms with van der Waals surface area (Å²) >= 11 is 0. The van der Waals surface area contributed by atoms with Gasteiger partial charge >= 0.3 is 5.97 Å². The normalized spacial score (nSPS) is 18.0. The Labute approximate surface area is 122 Å². The van der Waals surface area contributed by atoms with Crippen LogP contribution in [0.1, 0.15) is 18.5 Å². The average molecular weight is 284 g/mol. The van der Waals surface area contributed by atoms with Crippen molar-refractivity contribution in [2.75, 3.05) is 11.4 Å². The molecule has 1 aliphatic rings. The summed E-state index contributed by atoms with van der Waals surface area (Å²) in [6.07, 6.45) is 4.90. The van der Waals surface area contributed by atoms with Gasteiger partial charge < -0.3 is 10.0 Å². The molecule has 0 amide bonds. The van der Waals surface area contributed by atoms with E-state index in [0.29, 0.717) is 24.6 Å². The van der Waals surface area contributed by atoms with E-state index in [0.717, 1.165) is 17.7 Å². The maximum Gasteiger partial charge on any atom is 0.326 e. The average Bonchev–Trinajstić information content (AvgIpc) is 2.97. The van der Waals surface area contributed by atoms with Crippen LogP contribution in [0.2, 0.25) is 0 Å². The number of nitrogens with zero attached hydrogens (tertiary/aromatic N) is 4. The van der Waals surface area contributed by atoms with Crippen molar-refractivity contribution in [3.63, 3.8) is 0 Å². The van der Waals surface area contributed by atoms with Crippen LogP contribution in [0.4, 0.5) is 5.82 Å².